The number of alkyl halides is 2. The second-order valence-electron chi connectivity index (χ2n) is 4.38. The van der Waals surface area contributed by atoms with Crippen molar-refractivity contribution < 1.29 is 18.6 Å². The highest BCUT2D eigenvalue weighted by atomic mass is 79.9. The Morgan fingerprint density at radius 2 is 2.11 bits per heavy atom. The molecule has 0 amide bonds. The average Bonchev–Trinajstić information content (AvgIpc) is 2.30. The zero-order valence-electron chi connectivity index (χ0n) is 10.9. The molecule has 2 N–H and O–H groups in total. The van der Waals surface area contributed by atoms with Crippen molar-refractivity contribution in [2.24, 2.45) is 0 Å². The third-order valence-corrected chi connectivity index (χ3v) is 3.18. The highest BCUT2D eigenvalue weighted by molar-refractivity contribution is 9.10. The predicted octanol–water partition coefficient (Wildman–Crippen LogP) is 3.22. The van der Waals surface area contributed by atoms with Gasteiger partial charge in [0, 0.05) is 29.2 Å². The Balaban J connectivity index is 2.85. The summed E-state index contributed by atoms with van der Waals surface area (Å²) in [6.07, 6.45) is 0.609. The molecule has 108 valence electrons. The van der Waals surface area contributed by atoms with Crippen LogP contribution in [0.25, 0.3) is 0 Å². The second-order valence-corrected chi connectivity index (χ2v) is 5.30. The molecule has 1 aromatic carbocycles. The number of hydrogen-bond acceptors (Lipinski definition) is 3. The molecule has 6 heteroatoms. The number of benzene rings is 1. The molecule has 0 aliphatic heterocycles. The summed E-state index contributed by atoms with van der Waals surface area (Å²) in [6, 6.07) is 3.59. The van der Waals surface area contributed by atoms with E-state index in [4.69, 9.17) is 5.11 Å². The van der Waals surface area contributed by atoms with Gasteiger partial charge in [-0.05, 0) is 38.0 Å². The van der Waals surface area contributed by atoms with Crippen LogP contribution in [0.5, 0.6) is 5.75 Å². The third kappa shape index (κ3) is 5.42. The summed E-state index contributed by atoms with van der Waals surface area (Å²) in [6.45, 7) is 1.31. The van der Waals surface area contributed by atoms with Crippen LogP contribution in [0.4, 0.5) is 8.78 Å². The molecule has 0 aliphatic rings. The molecule has 0 heterocycles. The Morgan fingerprint density at radius 1 is 1.42 bits per heavy atom. The van der Waals surface area contributed by atoms with Gasteiger partial charge < -0.3 is 15.2 Å². The van der Waals surface area contributed by atoms with Crippen molar-refractivity contribution in [3.05, 3.63) is 27.7 Å². The van der Waals surface area contributed by atoms with E-state index in [1.54, 1.807) is 19.1 Å². The Bertz CT molecular complexity index is 416. The van der Waals surface area contributed by atoms with Gasteiger partial charge in [0.15, 0.2) is 0 Å². The zero-order valence-corrected chi connectivity index (χ0v) is 12.5. The summed E-state index contributed by atoms with van der Waals surface area (Å²) in [5.41, 5.74) is 1.32. The molecule has 1 aromatic rings. The Hall–Kier alpha value is -0.720. The molecule has 0 spiro atoms. The van der Waals surface area contributed by atoms with Crippen LogP contribution in [0.3, 0.4) is 0 Å². The molecule has 1 rings (SSSR count). The van der Waals surface area contributed by atoms with Crippen LogP contribution in [-0.2, 0) is 6.54 Å². The van der Waals surface area contributed by atoms with Crippen LogP contribution in [0.2, 0.25) is 0 Å². The predicted molar refractivity (Wildman–Crippen MR) is 73.5 cm³/mol. The molecular formula is C13H18BrF2NO2. The van der Waals surface area contributed by atoms with E-state index in [9.17, 15) is 8.78 Å². The molecule has 0 saturated carbocycles. The molecule has 0 aliphatic carbocycles. The van der Waals surface area contributed by atoms with E-state index in [2.05, 4.69) is 26.0 Å². The van der Waals surface area contributed by atoms with Crippen molar-refractivity contribution >= 4 is 15.9 Å². The first-order chi connectivity index (χ1) is 8.93. The van der Waals surface area contributed by atoms with Gasteiger partial charge in [-0.25, -0.2) is 0 Å². The lowest BCUT2D eigenvalue weighted by atomic mass is 10.1. The van der Waals surface area contributed by atoms with E-state index in [1.165, 1.54) is 0 Å². The SMILES string of the molecule is Cc1cc(Br)cc(CN[C@H](C)CCO)c1OC(F)F. The average molecular weight is 338 g/mol. The van der Waals surface area contributed by atoms with Gasteiger partial charge in [0.2, 0.25) is 0 Å². The van der Waals surface area contributed by atoms with Gasteiger partial charge in [-0.1, -0.05) is 15.9 Å². The number of hydrogen-bond donors (Lipinski definition) is 2. The maximum absolute atomic E-state index is 12.4. The molecular weight excluding hydrogens is 320 g/mol. The maximum atomic E-state index is 12.4. The van der Waals surface area contributed by atoms with Crippen LogP contribution < -0.4 is 10.1 Å². The monoisotopic (exact) mass is 337 g/mol. The smallest absolute Gasteiger partial charge is 0.387 e. The molecule has 0 bridgehead atoms. The van der Waals surface area contributed by atoms with Crippen molar-refractivity contribution in [1.82, 2.24) is 5.32 Å². The van der Waals surface area contributed by atoms with Gasteiger partial charge >= 0.3 is 6.61 Å². The third-order valence-electron chi connectivity index (χ3n) is 2.73. The lowest BCUT2D eigenvalue weighted by Crippen LogP contribution is -2.26. The molecule has 0 saturated heterocycles. The minimum Gasteiger partial charge on any atom is -0.434 e. The van der Waals surface area contributed by atoms with Gasteiger partial charge in [0.1, 0.15) is 5.75 Å². The van der Waals surface area contributed by atoms with Crippen molar-refractivity contribution in [2.45, 2.75) is 39.5 Å². The van der Waals surface area contributed by atoms with Crippen molar-refractivity contribution in [3.8, 4) is 5.75 Å². The van der Waals surface area contributed by atoms with Crippen LogP contribution in [0.1, 0.15) is 24.5 Å². The van der Waals surface area contributed by atoms with Crippen LogP contribution in [0, 0.1) is 6.92 Å². The summed E-state index contributed by atoms with van der Waals surface area (Å²) in [5.74, 6) is 0.210. The van der Waals surface area contributed by atoms with E-state index in [0.29, 0.717) is 24.1 Å². The number of nitrogens with one attached hydrogen (secondary N) is 1. The van der Waals surface area contributed by atoms with Gasteiger partial charge in [-0.3, -0.25) is 0 Å². The van der Waals surface area contributed by atoms with E-state index in [0.717, 1.165) is 4.47 Å². The molecule has 19 heavy (non-hydrogen) atoms. The lowest BCUT2D eigenvalue weighted by Gasteiger charge is -2.17. The van der Waals surface area contributed by atoms with E-state index in [1.807, 2.05) is 6.92 Å². The summed E-state index contributed by atoms with van der Waals surface area (Å²) in [7, 11) is 0. The van der Waals surface area contributed by atoms with Gasteiger partial charge in [0.05, 0.1) is 0 Å². The molecule has 0 unspecified atom stereocenters. The maximum Gasteiger partial charge on any atom is 0.387 e. The molecule has 0 aromatic heterocycles. The quantitative estimate of drug-likeness (QED) is 0.802. The van der Waals surface area contributed by atoms with Gasteiger partial charge in [0.25, 0.3) is 0 Å². The Morgan fingerprint density at radius 3 is 2.68 bits per heavy atom. The van der Waals surface area contributed by atoms with Gasteiger partial charge in [-0.2, -0.15) is 8.78 Å². The highest BCUT2D eigenvalue weighted by Crippen LogP contribution is 2.29. The van der Waals surface area contributed by atoms with Crippen LogP contribution in [-0.4, -0.2) is 24.4 Å². The minimum atomic E-state index is -2.84. The molecule has 0 fully saturated rings. The first kappa shape index (κ1) is 16.3. The van der Waals surface area contributed by atoms with Gasteiger partial charge in [-0.15, -0.1) is 0 Å². The van der Waals surface area contributed by atoms with Crippen molar-refractivity contribution in [2.75, 3.05) is 6.61 Å². The fourth-order valence-corrected chi connectivity index (χ4v) is 2.39. The summed E-state index contributed by atoms with van der Waals surface area (Å²) < 4.78 is 30.2. The Kier molecular flexibility index (Phi) is 6.68. The second kappa shape index (κ2) is 7.77. The largest absolute Gasteiger partial charge is 0.434 e. The number of aliphatic hydroxyl groups excluding tert-OH is 1. The highest BCUT2D eigenvalue weighted by Gasteiger charge is 2.14. The summed E-state index contributed by atoms with van der Waals surface area (Å²) >= 11 is 3.34. The fourth-order valence-electron chi connectivity index (χ4n) is 1.77. The lowest BCUT2D eigenvalue weighted by molar-refractivity contribution is -0.0509. The van der Waals surface area contributed by atoms with Crippen LogP contribution in [0.15, 0.2) is 16.6 Å². The molecule has 3 nitrogen and oxygen atoms in total. The number of halogens is 3. The summed E-state index contributed by atoms with van der Waals surface area (Å²) in [5, 5.41) is 12.0. The topological polar surface area (TPSA) is 41.5 Å². The number of aliphatic hydroxyl groups is 1. The first-order valence-corrected chi connectivity index (χ1v) is 6.81. The Labute approximate surface area is 120 Å². The van der Waals surface area contributed by atoms with Crippen molar-refractivity contribution in [3.63, 3.8) is 0 Å². The zero-order chi connectivity index (χ0) is 14.4. The van der Waals surface area contributed by atoms with E-state index in [-0.39, 0.29) is 18.4 Å². The number of ether oxygens (including phenoxy) is 1. The number of rotatable bonds is 7. The standard InChI is InChI=1S/C13H18BrF2NO2/c1-8-5-11(14)6-10(12(8)19-13(15)16)7-17-9(2)3-4-18/h5-6,9,13,17-18H,3-4,7H2,1-2H3/t9-/m1/s1. The number of aryl methyl sites for hydroxylation is 1. The summed E-state index contributed by atoms with van der Waals surface area (Å²) in [4.78, 5) is 0. The normalized spacial score (nSPS) is 12.8. The van der Waals surface area contributed by atoms with Crippen molar-refractivity contribution in [1.29, 1.82) is 0 Å². The molecule has 1 atom stereocenters. The molecule has 0 radical (unpaired) electrons. The first-order valence-electron chi connectivity index (χ1n) is 6.02. The van der Waals surface area contributed by atoms with E-state index >= 15 is 0 Å². The fraction of sp³-hybridized carbons (Fsp3) is 0.538. The van der Waals surface area contributed by atoms with E-state index < -0.39 is 6.61 Å². The van der Waals surface area contributed by atoms with Crippen LogP contribution >= 0.6 is 15.9 Å². The minimum absolute atomic E-state index is 0.0894.